The van der Waals surface area contributed by atoms with Gasteiger partial charge in [-0.25, -0.2) is 0 Å². The van der Waals surface area contributed by atoms with E-state index in [4.69, 9.17) is 39.5 Å². The summed E-state index contributed by atoms with van der Waals surface area (Å²) < 4.78 is 44.3. The van der Waals surface area contributed by atoms with Crippen LogP contribution < -0.4 is 4.74 Å². The highest BCUT2D eigenvalue weighted by atomic mass is 35.5. The Hall–Kier alpha value is -1.10. The molecule has 0 amide bonds. The van der Waals surface area contributed by atoms with Crippen molar-refractivity contribution in [2.24, 2.45) is 0 Å². The first-order chi connectivity index (χ1) is 9.74. The predicted octanol–water partition coefficient (Wildman–Crippen LogP) is 6.34. The molecular formula is C14H8Cl3F3O. The van der Waals surface area contributed by atoms with Crippen LogP contribution in [0.5, 0.6) is 5.75 Å². The first-order valence-corrected chi connectivity index (χ1v) is 6.77. The van der Waals surface area contributed by atoms with Crippen molar-refractivity contribution in [2.45, 2.75) is 6.18 Å². The molecule has 2 aromatic carbocycles. The molecule has 0 aliphatic carbocycles. The van der Waals surface area contributed by atoms with Gasteiger partial charge in [0, 0.05) is 0 Å². The Bertz CT molecular complexity index is 661. The van der Waals surface area contributed by atoms with E-state index in [1.807, 2.05) is 0 Å². The molecule has 112 valence electrons. The first kappa shape index (κ1) is 16.3. The van der Waals surface area contributed by atoms with Crippen LogP contribution in [0.25, 0.3) is 11.1 Å². The molecule has 0 saturated heterocycles. The van der Waals surface area contributed by atoms with Gasteiger partial charge in [-0.1, -0.05) is 34.8 Å². The zero-order chi connectivity index (χ0) is 15.8. The van der Waals surface area contributed by atoms with Crippen LogP contribution in [0, 0.1) is 0 Å². The molecule has 0 bridgehead atoms. The van der Waals surface area contributed by atoms with Gasteiger partial charge in [0.25, 0.3) is 0 Å². The SMILES string of the molecule is COc1ccc(C(F)(F)F)c(-c2cc(Cl)c(Cl)c(Cl)c2)c1. The van der Waals surface area contributed by atoms with Crippen molar-refractivity contribution in [1.29, 1.82) is 0 Å². The van der Waals surface area contributed by atoms with Crippen molar-refractivity contribution in [3.63, 3.8) is 0 Å². The topological polar surface area (TPSA) is 9.23 Å². The molecule has 7 heteroatoms. The Morgan fingerprint density at radius 3 is 2.00 bits per heavy atom. The van der Waals surface area contributed by atoms with Gasteiger partial charge in [0.2, 0.25) is 0 Å². The third-order valence-corrected chi connectivity index (χ3v) is 4.02. The quantitative estimate of drug-likeness (QED) is 0.571. The van der Waals surface area contributed by atoms with E-state index >= 15 is 0 Å². The molecule has 0 aliphatic rings. The summed E-state index contributed by atoms with van der Waals surface area (Å²) in [4.78, 5) is 0. The normalized spacial score (nSPS) is 11.6. The zero-order valence-corrected chi connectivity index (χ0v) is 12.8. The van der Waals surface area contributed by atoms with E-state index in [0.29, 0.717) is 5.75 Å². The lowest BCUT2D eigenvalue weighted by Crippen LogP contribution is -2.07. The van der Waals surface area contributed by atoms with E-state index in [0.717, 1.165) is 6.07 Å². The Morgan fingerprint density at radius 2 is 1.52 bits per heavy atom. The summed E-state index contributed by atoms with van der Waals surface area (Å²) in [6, 6.07) is 6.13. The molecule has 0 radical (unpaired) electrons. The summed E-state index contributed by atoms with van der Waals surface area (Å²) in [5, 5.41) is 0.253. The van der Waals surface area contributed by atoms with Crippen LogP contribution in [-0.2, 0) is 6.18 Å². The second kappa shape index (κ2) is 5.95. The fourth-order valence-corrected chi connectivity index (χ4v) is 2.44. The van der Waals surface area contributed by atoms with Gasteiger partial charge in [-0.05, 0) is 41.5 Å². The Morgan fingerprint density at radius 1 is 0.952 bits per heavy atom. The second-order valence-electron chi connectivity index (χ2n) is 4.16. The maximum absolute atomic E-state index is 13.1. The molecule has 0 fully saturated rings. The van der Waals surface area contributed by atoms with E-state index in [9.17, 15) is 13.2 Å². The van der Waals surface area contributed by atoms with Crippen molar-refractivity contribution >= 4 is 34.8 Å². The van der Waals surface area contributed by atoms with Crippen molar-refractivity contribution < 1.29 is 17.9 Å². The molecule has 0 heterocycles. The maximum atomic E-state index is 13.1. The molecule has 1 nitrogen and oxygen atoms in total. The lowest BCUT2D eigenvalue weighted by molar-refractivity contribution is -0.137. The van der Waals surface area contributed by atoms with Crippen molar-refractivity contribution in [1.82, 2.24) is 0 Å². The summed E-state index contributed by atoms with van der Waals surface area (Å²) in [6.45, 7) is 0. The summed E-state index contributed by atoms with van der Waals surface area (Å²) in [5.74, 6) is 0.292. The minimum atomic E-state index is -4.51. The largest absolute Gasteiger partial charge is 0.497 e. The molecule has 0 aliphatic heterocycles. The van der Waals surface area contributed by atoms with Crippen molar-refractivity contribution in [3.8, 4) is 16.9 Å². The van der Waals surface area contributed by atoms with Gasteiger partial charge < -0.3 is 4.74 Å². The molecule has 0 atom stereocenters. The van der Waals surface area contributed by atoms with Crippen molar-refractivity contribution in [3.05, 3.63) is 51.0 Å². The molecule has 0 aromatic heterocycles. The summed E-state index contributed by atoms with van der Waals surface area (Å²) >= 11 is 17.6. The average Bonchev–Trinajstić information content (AvgIpc) is 2.42. The second-order valence-corrected chi connectivity index (χ2v) is 5.36. The van der Waals surface area contributed by atoms with Gasteiger partial charge in [0.05, 0.1) is 27.7 Å². The lowest BCUT2D eigenvalue weighted by Gasteiger charge is -2.15. The number of halogens is 6. The number of hydrogen-bond donors (Lipinski definition) is 0. The molecule has 0 saturated carbocycles. The fourth-order valence-electron chi connectivity index (χ4n) is 1.85. The molecule has 0 spiro atoms. The minimum absolute atomic E-state index is 0.0788. The van der Waals surface area contributed by atoms with Gasteiger partial charge in [0.1, 0.15) is 5.75 Å². The molecule has 0 N–H and O–H groups in total. The highest BCUT2D eigenvalue weighted by Crippen LogP contribution is 2.42. The van der Waals surface area contributed by atoms with E-state index in [-0.39, 0.29) is 26.2 Å². The summed E-state index contributed by atoms with van der Waals surface area (Å²) in [5.41, 5.74) is -0.680. The van der Waals surface area contributed by atoms with E-state index in [2.05, 4.69) is 0 Å². The van der Waals surface area contributed by atoms with Crippen LogP contribution in [0.2, 0.25) is 15.1 Å². The molecule has 0 unspecified atom stereocenters. The third-order valence-electron chi connectivity index (χ3n) is 2.83. The number of benzene rings is 2. The van der Waals surface area contributed by atoms with E-state index < -0.39 is 11.7 Å². The van der Waals surface area contributed by atoms with Gasteiger partial charge in [0.15, 0.2) is 0 Å². The average molecular weight is 356 g/mol. The zero-order valence-electron chi connectivity index (χ0n) is 10.6. The monoisotopic (exact) mass is 354 g/mol. The lowest BCUT2D eigenvalue weighted by atomic mass is 9.99. The predicted molar refractivity (Wildman–Crippen MR) is 78.5 cm³/mol. The number of rotatable bonds is 2. The summed E-state index contributed by atoms with van der Waals surface area (Å²) in [7, 11) is 1.37. The number of hydrogen-bond acceptors (Lipinski definition) is 1. The standard InChI is InChI=1S/C14H8Cl3F3O/c1-21-8-2-3-10(14(18,19)20)9(6-8)7-4-11(15)13(17)12(16)5-7/h2-6H,1H3. The van der Waals surface area contributed by atoms with Crippen LogP contribution in [0.1, 0.15) is 5.56 Å². The number of alkyl halides is 3. The van der Waals surface area contributed by atoms with Crippen molar-refractivity contribution in [2.75, 3.05) is 7.11 Å². The van der Waals surface area contributed by atoms with Crippen LogP contribution in [0.15, 0.2) is 30.3 Å². The minimum Gasteiger partial charge on any atom is -0.497 e. The summed E-state index contributed by atoms with van der Waals surface area (Å²) in [6.07, 6.45) is -4.51. The fraction of sp³-hybridized carbons (Fsp3) is 0.143. The van der Waals surface area contributed by atoms with Gasteiger partial charge >= 0.3 is 6.18 Å². The van der Waals surface area contributed by atoms with Crippen LogP contribution in [0.3, 0.4) is 0 Å². The number of methoxy groups -OCH3 is 1. The molecular weight excluding hydrogens is 348 g/mol. The van der Waals surface area contributed by atoms with Gasteiger partial charge in [-0.2, -0.15) is 13.2 Å². The third kappa shape index (κ3) is 3.39. The van der Waals surface area contributed by atoms with Gasteiger partial charge in [-0.3, -0.25) is 0 Å². The van der Waals surface area contributed by atoms with Crippen LogP contribution in [-0.4, -0.2) is 7.11 Å². The molecule has 2 aromatic rings. The Balaban J connectivity index is 2.72. The maximum Gasteiger partial charge on any atom is 0.417 e. The van der Waals surface area contributed by atoms with E-state index in [1.54, 1.807) is 0 Å². The van der Waals surface area contributed by atoms with E-state index in [1.165, 1.54) is 31.4 Å². The highest BCUT2D eigenvalue weighted by Gasteiger charge is 2.34. The molecule has 21 heavy (non-hydrogen) atoms. The highest BCUT2D eigenvalue weighted by molar-refractivity contribution is 6.48. The van der Waals surface area contributed by atoms with Crippen LogP contribution in [0.4, 0.5) is 13.2 Å². The Labute approximate surface area is 134 Å². The molecule has 2 rings (SSSR count). The smallest absolute Gasteiger partial charge is 0.417 e. The van der Waals surface area contributed by atoms with Gasteiger partial charge in [-0.15, -0.1) is 0 Å². The van der Waals surface area contributed by atoms with Crippen LogP contribution >= 0.6 is 34.8 Å². The number of ether oxygens (including phenoxy) is 1. The Kier molecular flexibility index (Phi) is 4.61. The first-order valence-electron chi connectivity index (χ1n) is 5.64.